The van der Waals surface area contributed by atoms with Crippen molar-refractivity contribution in [1.29, 1.82) is 0 Å². The Morgan fingerprint density at radius 3 is 2.59 bits per heavy atom. The minimum absolute atomic E-state index is 0.0443. The van der Waals surface area contributed by atoms with Crippen molar-refractivity contribution in [1.82, 2.24) is 5.32 Å². The zero-order valence-electron chi connectivity index (χ0n) is 11.9. The summed E-state index contributed by atoms with van der Waals surface area (Å²) in [6.45, 7) is 0.129. The van der Waals surface area contributed by atoms with Gasteiger partial charge < -0.3 is 14.8 Å². The van der Waals surface area contributed by atoms with Crippen molar-refractivity contribution in [2.75, 3.05) is 13.7 Å². The van der Waals surface area contributed by atoms with Crippen LogP contribution in [0.3, 0.4) is 0 Å². The van der Waals surface area contributed by atoms with Gasteiger partial charge in [-0.25, -0.2) is 4.39 Å². The average molecular weight is 368 g/mol. The second-order valence-corrected chi connectivity index (χ2v) is 5.40. The molecule has 22 heavy (non-hydrogen) atoms. The number of ether oxygens (including phenoxy) is 2. The van der Waals surface area contributed by atoms with Crippen LogP contribution in [0, 0.1) is 5.82 Å². The first-order chi connectivity index (χ1) is 10.6. The molecule has 0 aromatic heterocycles. The van der Waals surface area contributed by atoms with E-state index in [1.807, 2.05) is 24.3 Å². The highest BCUT2D eigenvalue weighted by atomic mass is 79.9. The van der Waals surface area contributed by atoms with Crippen LogP contribution in [-0.4, -0.2) is 19.6 Å². The number of hydrogen-bond acceptors (Lipinski definition) is 3. The zero-order valence-corrected chi connectivity index (χ0v) is 13.5. The number of hydrogen-bond donors (Lipinski definition) is 1. The summed E-state index contributed by atoms with van der Waals surface area (Å²) < 4.78 is 24.3. The van der Waals surface area contributed by atoms with E-state index in [1.165, 1.54) is 12.1 Å². The van der Waals surface area contributed by atoms with Crippen LogP contribution < -0.4 is 14.8 Å². The largest absolute Gasteiger partial charge is 0.497 e. The van der Waals surface area contributed by atoms with E-state index in [2.05, 4.69) is 21.2 Å². The molecule has 0 spiro atoms. The second kappa shape index (κ2) is 7.79. The Balaban J connectivity index is 1.80. The number of rotatable bonds is 6. The molecule has 0 saturated carbocycles. The van der Waals surface area contributed by atoms with E-state index in [4.69, 9.17) is 9.47 Å². The molecule has 0 aliphatic heterocycles. The summed E-state index contributed by atoms with van der Waals surface area (Å²) in [6, 6.07) is 11.7. The average Bonchev–Trinajstić information content (AvgIpc) is 2.52. The molecule has 6 heteroatoms. The molecule has 2 rings (SSSR count). The van der Waals surface area contributed by atoms with Gasteiger partial charge in [0.15, 0.2) is 18.2 Å². The van der Waals surface area contributed by atoms with Crippen molar-refractivity contribution < 1.29 is 18.7 Å². The fourth-order valence-corrected chi connectivity index (χ4v) is 2.06. The summed E-state index contributed by atoms with van der Waals surface area (Å²) in [5.41, 5.74) is 0.934. The lowest BCUT2D eigenvalue weighted by Gasteiger charge is -2.09. The van der Waals surface area contributed by atoms with Crippen LogP contribution >= 0.6 is 15.9 Å². The molecule has 0 fully saturated rings. The van der Waals surface area contributed by atoms with Crippen LogP contribution in [-0.2, 0) is 11.3 Å². The van der Waals surface area contributed by atoms with Gasteiger partial charge in [0, 0.05) is 11.0 Å². The fourth-order valence-electron chi connectivity index (χ4n) is 1.73. The molecule has 0 bridgehead atoms. The van der Waals surface area contributed by atoms with Crippen molar-refractivity contribution >= 4 is 21.8 Å². The highest BCUT2D eigenvalue weighted by Gasteiger charge is 2.07. The standard InChI is InChI=1S/C16H15BrFNO3/c1-21-13-5-2-11(3-6-13)9-19-16(20)10-22-15-7-4-12(17)8-14(15)18/h2-8H,9-10H2,1H3,(H,19,20). The van der Waals surface area contributed by atoms with E-state index in [0.717, 1.165) is 11.3 Å². The Morgan fingerprint density at radius 2 is 1.95 bits per heavy atom. The first-order valence-corrected chi connectivity index (χ1v) is 7.35. The molecule has 0 radical (unpaired) electrons. The molecular weight excluding hydrogens is 353 g/mol. The van der Waals surface area contributed by atoms with Crippen LogP contribution in [0.5, 0.6) is 11.5 Å². The topological polar surface area (TPSA) is 47.6 Å². The van der Waals surface area contributed by atoms with Crippen molar-refractivity contribution in [2.24, 2.45) is 0 Å². The number of amides is 1. The van der Waals surface area contributed by atoms with Crippen molar-refractivity contribution in [3.63, 3.8) is 0 Å². The smallest absolute Gasteiger partial charge is 0.258 e. The monoisotopic (exact) mass is 367 g/mol. The number of methoxy groups -OCH3 is 1. The van der Waals surface area contributed by atoms with E-state index in [0.29, 0.717) is 11.0 Å². The van der Waals surface area contributed by atoms with Gasteiger partial charge in [-0.1, -0.05) is 28.1 Å². The quantitative estimate of drug-likeness (QED) is 0.851. The van der Waals surface area contributed by atoms with E-state index >= 15 is 0 Å². The maximum Gasteiger partial charge on any atom is 0.258 e. The SMILES string of the molecule is COc1ccc(CNC(=O)COc2ccc(Br)cc2F)cc1. The Bertz CT molecular complexity index is 646. The minimum Gasteiger partial charge on any atom is -0.497 e. The Labute approximate surface area is 136 Å². The predicted molar refractivity (Wildman–Crippen MR) is 84.4 cm³/mol. The molecule has 1 amide bonds. The first-order valence-electron chi connectivity index (χ1n) is 6.56. The lowest BCUT2D eigenvalue weighted by Crippen LogP contribution is -2.28. The van der Waals surface area contributed by atoms with Crippen LogP contribution in [0.1, 0.15) is 5.56 Å². The normalized spacial score (nSPS) is 10.1. The van der Waals surface area contributed by atoms with Gasteiger partial charge in [0.1, 0.15) is 5.75 Å². The molecule has 0 heterocycles. The number of carbonyl (C=O) groups excluding carboxylic acids is 1. The van der Waals surface area contributed by atoms with Gasteiger partial charge in [0.25, 0.3) is 5.91 Å². The molecule has 116 valence electrons. The van der Waals surface area contributed by atoms with Crippen LogP contribution in [0.15, 0.2) is 46.9 Å². The molecule has 1 N–H and O–H groups in total. The molecular formula is C16H15BrFNO3. The molecule has 4 nitrogen and oxygen atoms in total. The third-order valence-corrected chi connectivity index (χ3v) is 3.39. The maximum absolute atomic E-state index is 13.5. The van der Waals surface area contributed by atoms with Crippen molar-refractivity contribution in [3.05, 3.63) is 58.3 Å². The Morgan fingerprint density at radius 1 is 1.23 bits per heavy atom. The molecule has 0 unspecified atom stereocenters. The Hall–Kier alpha value is -2.08. The van der Waals surface area contributed by atoms with Gasteiger partial charge in [-0.05, 0) is 35.9 Å². The summed E-state index contributed by atoms with van der Waals surface area (Å²) in [5.74, 6) is -0.0395. The molecule has 0 aliphatic carbocycles. The summed E-state index contributed by atoms with van der Waals surface area (Å²) in [5, 5.41) is 2.70. The van der Waals surface area contributed by atoms with Crippen molar-refractivity contribution in [3.8, 4) is 11.5 Å². The van der Waals surface area contributed by atoms with Gasteiger partial charge in [-0.15, -0.1) is 0 Å². The maximum atomic E-state index is 13.5. The molecule has 2 aromatic carbocycles. The van der Waals surface area contributed by atoms with Crippen LogP contribution in [0.2, 0.25) is 0 Å². The van der Waals surface area contributed by atoms with Gasteiger partial charge in [0.2, 0.25) is 0 Å². The molecule has 0 saturated heterocycles. The zero-order chi connectivity index (χ0) is 15.9. The van der Waals surface area contributed by atoms with E-state index in [-0.39, 0.29) is 18.3 Å². The van der Waals surface area contributed by atoms with E-state index in [9.17, 15) is 9.18 Å². The number of benzene rings is 2. The summed E-state index contributed by atoms with van der Waals surface area (Å²) in [6.07, 6.45) is 0. The first kappa shape index (κ1) is 16.3. The van der Waals surface area contributed by atoms with Gasteiger partial charge in [-0.2, -0.15) is 0 Å². The van der Waals surface area contributed by atoms with E-state index in [1.54, 1.807) is 13.2 Å². The van der Waals surface area contributed by atoms with Gasteiger partial charge in [0.05, 0.1) is 7.11 Å². The third kappa shape index (κ3) is 4.73. The van der Waals surface area contributed by atoms with Crippen molar-refractivity contribution in [2.45, 2.75) is 6.54 Å². The predicted octanol–water partition coefficient (Wildman–Crippen LogP) is 3.29. The second-order valence-electron chi connectivity index (χ2n) is 4.49. The highest BCUT2D eigenvalue weighted by Crippen LogP contribution is 2.21. The van der Waals surface area contributed by atoms with Crippen LogP contribution in [0.4, 0.5) is 4.39 Å². The van der Waals surface area contributed by atoms with Crippen LogP contribution in [0.25, 0.3) is 0 Å². The summed E-state index contributed by atoms with van der Waals surface area (Å²) >= 11 is 3.15. The lowest BCUT2D eigenvalue weighted by atomic mass is 10.2. The number of carbonyl (C=O) groups is 1. The van der Waals surface area contributed by atoms with E-state index < -0.39 is 5.82 Å². The summed E-state index contributed by atoms with van der Waals surface area (Å²) in [7, 11) is 1.59. The molecule has 0 aliphatic rings. The highest BCUT2D eigenvalue weighted by molar-refractivity contribution is 9.10. The van der Waals surface area contributed by atoms with Gasteiger partial charge >= 0.3 is 0 Å². The van der Waals surface area contributed by atoms with Gasteiger partial charge in [-0.3, -0.25) is 4.79 Å². The number of halogens is 2. The minimum atomic E-state index is -0.516. The third-order valence-electron chi connectivity index (χ3n) is 2.90. The lowest BCUT2D eigenvalue weighted by molar-refractivity contribution is -0.123. The number of nitrogens with one attached hydrogen (secondary N) is 1. The molecule has 2 aromatic rings. The summed E-state index contributed by atoms with van der Waals surface area (Å²) in [4.78, 5) is 11.7. The Kier molecular flexibility index (Phi) is 5.77. The fraction of sp³-hybridized carbons (Fsp3) is 0.188. The molecule has 0 atom stereocenters.